The molecule has 0 bridgehead atoms. The predicted octanol–water partition coefficient (Wildman–Crippen LogP) is 4.37. The fraction of sp³-hybridized carbons (Fsp3) is 1.00. The van der Waals surface area contributed by atoms with Gasteiger partial charge in [-0.2, -0.15) is 0 Å². The van der Waals surface area contributed by atoms with Gasteiger partial charge >= 0.3 is 0 Å². The lowest BCUT2D eigenvalue weighted by Gasteiger charge is -2.37. The molecule has 0 amide bonds. The Balaban J connectivity index is 2.47. The topological polar surface area (TPSA) is 12.0 Å². The third-order valence-electron chi connectivity index (χ3n) is 4.03. The smallest absolute Gasteiger partial charge is 0.00967 e. The van der Waals surface area contributed by atoms with Gasteiger partial charge in [-0.15, -0.1) is 0 Å². The Bertz CT molecular complexity index is 192. The average molecular weight is 225 g/mol. The molecule has 96 valence electrons. The second-order valence-electron chi connectivity index (χ2n) is 7.28. The van der Waals surface area contributed by atoms with E-state index in [9.17, 15) is 0 Å². The first kappa shape index (κ1) is 14.0. The lowest BCUT2D eigenvalue weighted by Crippen LogP contribution is -2.44. The molecule has 1 N–H and O–H groups in total. The summed E-state index contributed by atoms with van der Waals surface area (Å²) in [7, 11) is 0. The third-order valence-corrected chi connectivity index (χ3v) is 4.03. The summed E-state index contributed by atoms with van der Waals surface area (Å²) in [5.41, 5.74) is 0.708. The van der Waals surface area contributed by atoms with Crippen LogP contribution in [0.25, 0.3) is 0 Å². The summed E-state index contributed by atoms with van der Waals surface area (Å²) < 4.78 is 0. The molecule has 0 radical (unpaired) electrons. The molecule has 16 heavy (non-hydrogen) atoms. The molecule has 0 heterocycles. The zero-order chi connectivity index (χ0) is 12.2. The Hall–Kier alpha value is -0.0400. The van der Waals surface area contributed by atoms with Crippen LogP contribution in [-0.2, 0) is 0 Å². The van der Waals surface area contributed by atoms with Crippen LogP contribution in [0.4, 0.5) is 0 Å². The van der Waals surface area contributed by atoms with E-state index in [1.165, 1.54) is 38.5 Å². The minimum atomic E-state index is 0.252. The largest absolute Gasteiger partial charge is 0.312 e. The van der Waals surface area contributed by atoms with Crippen molar-refractivity contribution < 1.29 is 0 Å². The minimum Gasteiger partial charge on any atom is -0.312 e. The van der Waals surface area contributed by atoms with Crippen LogP contribution in [0, 0.1) is 11.3 Å². The normalized spacial score (nSPS) is 20.8. The van der Waals surface area contributed by atoms with Gasteiger partial charge in [-0.05, 0) is 44.9 Å². The molecule has 0 aliphatic heterocycles. The fourth-order valence-corrected chi connectivity index (χ4v) is 2.70. The standard InChI is InChI=1S/C15H31N/c1-14(2,3)16-12-15(4,5)13-10-8-6-7-9-11-13/h13,16H,6-12H2,1-5H3. The molecule has 0 unspecified atom stereocenters. The van der Waals surface area contributed by atoms with Crippen molar-refractivity contribution in [2.45, 2.75) is 78.7 Å². The zero-order valence-electron chi connectivity index (χ0n) is 12.0. The van der Waals surface area contributed by atoms with Crippen LogP contribution < -0.4 is 5.32 Å². The molecule has 1 aliphatic rings. The number of hydrogen-bond acceptors (Lipinski definition) is 1. The summed E-state index contributed by atoms with van der Waals surface area (Å²) in [4.78, 5) is 0. The summed E-state index contributed by atoms with van der Waals surface area (Å²) >= 11 is 0. The average Bonchev–Trinajstić information content (AvgIpc) is 2.42. The zero-order valence-corrected chi connectivity index (χ0v) is 12.0. The molecule has 1 aliphatic carbocycles. The van der Waals surface area contributed by atoms with E-state index >= 15 is 0 Å². The molecule has 0 aromatic rings. The van der Waals surface area contributed by atoms with Crippen LogP contribution >= 0.6 is 0 Å². The fourth-order valence-electron chi connectivity index (χ4n) is 2.70. The summed E-state index contributed by atoms with van der Waals surface area (Å²) in [6.07, 6.45) is 8.70. The van der Waals surface area contributed by atoms with Crippen LogP contribution in [0.2, 0.25) is 0 Å². The predicted molar refractivity (Wildman–Crippen MR) is 72.7 cm³/mol. The molecule has 1 rings (SSSR count). The van der Waals surface area contributed by atoms with Crippen molar-refractivity contribution in [3.63, 3.8) is 0 Å². The lowest BCUT2D eigenvalue weighted by molar-refractivity contribution is 0.168. The maximum atomic E-state index is 3.68. The summed E-state index contributed by atoms with van der Waals surface area (Å²) in [5.74, 6) is 0.921. The molecule has 1 heteroatoms. The summed E-state index contributed by atoms with van der Waals surface area (Å²) in [5, 5.41) is 3.68. The van der Waals surface area contributed by atoms with Crippen LogP contribution in [0.1, 0.15) is 73.1 Å². The second-order valence-corrected chi connectivity index (χ2v) is 7.28. The van der Waals surface area contributed by atoms with Gasteiger partial charge in [0, 0.05) is 12.1 Å². The highest BCUT2D eigenvalue weighted by atomic mass is 15.0. The van der Waals surface area contributed by atoms with Crippen LogP contribution in [0.5, 0.6) is 0 Å². The van der Waals surface area contributed by atoms with Crippen molar-refractivity contribution in [3.8, 4) is 0 Å². The Kier molecular flexibility index (Phi) is 4.85. The Morgan fingerprint density at radius 3 is 1.81 bits per heavy atom. The Labute approximate surface area is 102 Å². The highest BCUT2D eigenvalue weighted by Crippen LogP contribution is 2.37. The highest BCUT2D eigenvalue weighted by Gasteiger charge is 2.30. The Morgan fingerprint density at radius 2 is 1.38 bits per heavy atom. The van der Waals surface area contributed by atoms with Crippen molar-refractivity contribution in [1.29, 1.82) is 0 Å². The molecule has 0 aromatic heterocycles. The second kappa shape index (κ2) is 5.53. The van der Waals surface area contributed by atoms with E-state index in [1.54, 1.807) is 0 Å². The van der Waals surface area contributed by atoms with Crippen molar-refractivity contribution in [3.05, 3.63) is 0 Å². The molecule has 0 spiro atoms. The van der Waals surface area contributed by atoms with Gasteiger partial charge in [0.1, 0.15) is 0 Å². The number of rotatable bonds is 3. The van der Waals surface area contributed by atoms with Crippen molar-refractivity contribution in [1.82, 2.24) is 5.32 Å². The van der Waals surface area contributed by atoms with Gasteiger partial charge in [-0.1, -0.05) is 39.5 Å². The van der Waals surface area contributed by atoms with Gasteiger partial charge in [0.25, 0.3) is 0 Å². The lowest BCUT2D eigenvalue weighted by atomic mass is 9.74. The van der Waals surface area contributed by atoms with Crippen LogP contribution in [0.3, 0.4) is 0 Å². The minimum absolute atomic E-state index is 0.252. The van der Waals surface area contributed by atoms with E-state index in [1.807, 2.05) is 0 Å². The molecule has 1 nitrogen and oxygen atoms in total. The molecule has 1 fully saturated rings. The van der Waals surface area contributed by atoms with Crippen molar-refractivity contribution in [2.75, 3.05) is 6.54 Å². The van der Waals surface area contributed by atoms with E-state index in [-0.39, 0.29) is 5.54 Å². The first-order chi connectivity index (χ1) is 7.31. The molecular formula is C15H31N. The third kappa shape index (κ3) is 4.86. The van der Waals surface area contributed by atoms with E-state index in [4.69, 9.17) is 0 Å². The van der Waals surface area contributed by atoms with Gasteiger partial charge in [0.15, 0.2) is 0 Å². The van der Waals surface area contributed by atoms with Crippen molar-refractivity contribution in [2.24, 2.45) is 11.3 Å². The highest BCUT2D eigenvalue weighted by molar-refractivity contribution is 4.84. The van der Waals surface area contributed by atoms with Crippen molar-refractivity contribution >= 4 is 0 Å². The van der Waals surface area contributed by atoms with Gasteiger partial charge in [-0.3, -0.25) is 0 Å². The van der Waals surface area contributed by atoms with E-state index < -0.39 is 0 Å². The first-order valence-corrected chi connectivity index (χ1v) is 7.06. The number of nitrogens with one attached hydrogen (secondary N) is 1. The molecule has 0 atom stereocenters. The van der Waals surface area contributed by atoms with Crippen LogP contribution in [0.15, 0.2) is 0 Å². The monoisotopic (exact) mass is 225 g/mol. The van der Waals surface area contributed by atoms with Gasteiger partial charge in [0.2, 0.25) is 0 Å². The van der Waals surface area contributed by atoms with E-state index in [0.717, 1.165) is 12.5 Å². The Morgan fingerprint density at radius 1 is 0.875 bits per heavy atom. The molecular weight excluding hydrogens is 194 g/mol. The van der Waals surface area contributed by atoms with Gasteiger partial charge in [-0.25, -0.2) is 0 Å². The maximum Gasteiger partial charge on any atom is 0.00967 e. The quantitative estimate of drug-likeness (QED) is 0.703. The molecule has 0 aromatic carbocycles. The summed E-state index contributed by atoms with van der Waals surface area (Å²) in [6, 6.07) is 0. The van der Waals surface area contributed by atoms with E-state index in [0.29, 0.717) is 5.41 Å². The molecule has 1 saturated carbocycles. The first-order valence-electron chi connectivity index (χ1n) is 7.06. The summed E-state index contributed by atoms with van der Waals surface area (Å²) in [6.45, 7) is 12.8. The van der Waals surface area contributed by atoms with Crippen LogP contribution in [-0.4, -0.2) is 12.1 Å². The number of hydrogen-bond donors (Lipinski definition) is 1. The van der Waals surface area contributed by atoms with Gasteiger partial charge < -0.3 is 5.32 Å². The maximum absolute atomic E-state index is 3.68. The van der Waals surface area contributed by atoms with E-state index in [2.05, 4.69) is 39.9 Å². The molecule has 0 saturated heterocycles. The SMILES string of the molecule is CC(C)(C)NCC(C)(C)C1CCCCCC1. The van der Waals surface area contributed by atoms with Gasteiger partial charge in [0.05, 0.1) is 0 Å².